The van der Waals surface area contributed by atoms with Gasteiger partial charge < -0.3 is 15.0 Å². The van der Waals surface area contributed by atoms with Crippen molar-refractivity contribution in [1.82, 2.24) is 4.90 Å². The molecule has 0 unspecified atom stereocenters. The summed E-state index contributed by atoms with van der Waals surface area (Å²) in [6.07, 6.45) is 1.45. The summed E-state index contributed by atoms with van der Waals surface area (Å²) in [5.74, 6) is 0. The fraction of sp³-hybridized carbons (Fsp3) is 0.562. The van der Waals surface area contributed by atoms with E-state index in [1.807, 2.05) is 26.8 Å². The number of hydrogen-bond acceptors (Lipinski definition) is 3. The van der Waals surface area contributed by atoms with Gasteiger partial charge in [0.05, 0.1) is 10.7 Å². The largest absolute Gasteiger partial charge is 0.444 e. The van der Waals surface area contributed by atoms with Crippen molar-refractivity contribution in [1.29, 1.82) is 0 Å². The van der Waals surface area contributed by atoms with Gasteiger partial charge in [0.15, 0.2) is 0 Å². The van der Waals surface area contributed by atoms with E-state index in [2.05, 4.69) is 5.32 Å². The fourth-order valence-corrected chi connectivity index (χ4v) is 2.71. The highest BCUT2D eigenvalue weighted by Crippen LogP contribution is 2.27. The third-order valence-electron chi connectivity index (χ3n) is 3.43. The van der Waals surface area contributed by atoms with Gasteiger partial charge in [0.25, 0.3) is 0 Å². The van der Waals surface area contributed by atoms with Crippen molar-refractivity contribution >= 4 is 35.0 Å². The highest BCUT2D eigenvalue weighted by atomic mass is 35.5. The zero-order valence-electron chi connectivity index (χ0n) is 13.2. The Morgan fingerprint density at radius 1 is 1.27 bits per heavy atom. The van der Waals surface area contributed by atoms with E-state index in [9.17, 15) is 4.79 Å². The summed E-state index contributed by atoms with van der Waals surface area (Å²) in [5.41, 5.74) is 0.380. The van der Waals surface area contributed by atoms with Crippen LogP contribution >= 0.6 is 23.2 Å². The molecule has 0 aliphatic carbocycles. The first-order valence-corrected chi connectivity index (χ1v) is 8.20. The van der Waals surface area contributed by atoms with Crippen molar-refractivity contribution in [3.05, 3.63) is 28.2 Å². The zero-order valence-corrected chi connectivity index (χ0v) is 14.7. The van der Waals surface area contributed by atoms with E-state index in [1.54, 1.807) is 17.0 Å². The number of carbonyl (C=O) groups excluding carboxylic acids is 1. The summed E-state index contributed by atoms with van der Waals surface area (Å²) in [6.45, 7) is 6.97. The highest BCUT2D eigenvalue weighted by molar-refractivity contribution is 6.35. The maximum absolute atomic E-state index is 12.0. The molecule has 1 heterocycles. The van der Waals surface area contributed by atoms with Gasteiger partial charge in [0.2, 0.25) is 0 Å². The molecule has 1 aromatic carbocycles. The van der Waals surface area contributed by atoms with Crippen molar-refractivity contribution in [3.63, 3.8) is 0 Å². The lowest BCUT2D eigenvalue weighted by molar-refractivity contribution is 0.0210. The molecule has 0 radical (unpaired) electrons. The standard InChI is InChI=1S/C16H22Cl2N2O2/c1-16(2,3)22-15(21)20-8-6-12(7-9-20)19-14-10-11(17)4-5-13(14)18/h4-5,10,12,19H,6-9H2,1-3H3. The molecule has 4 nitrogen and oxygen atoms in total. The summed E-state index contributed by atoms with van der Waals surface area (Å²) in [4.78, 5) is 13.8. The van der Waals surface area contributed by atoms with Gasteiger partial charge in [-0.25, -0.2) is 4.79 Å². The summed E-state index contributed by atoms with van der Waals surface area (Å²) < 4.78 is 5.39. The molecule has 0 spiro atoms. The molecule has 1 aromatic rings. The number of ether oxygens (including phenoxy) is 1. The second-order valence-corrected chi connectivity index (χ2v) is 7.35. The molecule has 1 N–H and O–H groups in total. The first-order chi connectivity index (χ1) is 10.2. The van der Waals surface area contributed by atoms with Crippen molar-refractivity contribution in [2.24, 2.45) is 0 Å². The lowest BCUT2D eigenvalue weighted by atomic mass is 10.0. The number of halogens is 2. The molecule has 1 aliphatic heterocycles. The molecule has 1 saturated heterocycles. The van der Waals surface area contributed by atoms with Crippen LogP contribution in [0.5, 0.6) is 0 Å². The molecule has 0 atom stereocenters. The maximum atomic E-state index is 12.0. The average Bonchev–Trinajstić information content (AvgIpc) is 2.42. The number of hydrogen-bond donors (Lipinski definition) is 1. The maximum Gasteiger partial charge on any atom is 0.410 e. The number of amides is 1. The predicted octanol–water partition coefficient (Wildman–Crippen LogP) is 4.80. The summed E-state index contributed by atoms with van der Waals surface area (Å²) in [5, 5.41) is 4.71. The molecule has 0 aromatic heterocycles. The molecular formula is C16H22Cl2N2O2. The molecule has 122 valence electrons. The molecular weight excluding hydrogens is 323 g/mol. The third-order valence-corrected chi connectivity index (χ3v) is 4.00. The van der Waals surface area contributed by atoms with Crippen LogP contribution in [0.4, 0.5) is 10.5 Å². The van der Waals surface area contributed by atoms with Crippen LogP contribution in [-0.4, -0.2) is 35.7 Å². The van der Waals surface area contributed by atoms with Gasteiger partial charge >= 0.3 is 6.09 Å². The SMILES string of the molecule is CC(C)(C)OC(=O)N1CCC(Nc2cc(Cl)ccc2Cl)CC1. The van der Waals surface area contributed by atoms with Crippen LogP contribution in [0.25, 0.3) is 0 Å². The van der Waals surface area contributed by atoms with Crippen LogP contribution in [0.2, 0.25) is 10.0 Å². The van der Waals surface area contributed by atoms with Crippen LogP contribution in [0.1, 0.15) is 33.6 Å². The van der Waals surface area contributed by atoms with E-state index in [4.69, 9.17) is 27.9 Å². The van der Waals surface area contributed by atoms with Gasteiger partial charge in [-0.2, -0.15) is 0 Å². The molecule has 1 amide bonds. The molecule has 6 heteroatoms. The normalized spacial score (nSPS) is 16.5. The molecule has 1 fully saturated rings. The lowest BCUT2D eigenvalue weighted by Crippen LogP contribution is -2.44. The van der Waals surface area contributed by atoms with Crippen LogP contribution in [-0.2, 0) is 4.74 Å². The number of carbonyl (C=O) groups is 1. The van der Waals surface area contributed by atoms with Gasteiger partial charge in [-0.1, -0.05) is 23.2 Å². The smallest absolute Gasteiger partial charge is 0.410 e. The Morgan fingerprint density at radius 3 is 2.50 bits per heavy atom. The van der Waals surface area contributed by atoms with E-state index < -0.39 is 5.60 Å². The van der Waals surface area contributed by atoms with Crippen molar-refractivity contribution in [2.45, 2.75) is 45.3 Å². The fourth-order valence-electron chi connectivity index (χ4n) is 2.36. The van der Waals surface area contributed by atoms with Gasteiger partial charge in [-0.3, -0.25) is 0 Å². The van der Waals surface area contributed by atoms with Crippen molar-refractivity contribution < 1.29 is 9.53 Å². The monoisotopic (exact) mass is 344 g/mol. The van der Waals surface area contributed by atoms with Crippen LogP contribution in [0.15, 0.2) is 18.2 Å². The Hall–Kier alpha value is -1.13. The molecule has 1 aliphatic rings. The number of benzene rings is 1. The minimum absolute atomic E-state index is 0.244. The van der Waals surface area contributed by atoms with Gasteiger partial charge in [-0.15, -0.1) is 0 Å². The summed E-state index contributed by atoms with van der Waals surface area (Å²) >= 11 is 12.2. The van der Waals surface area contributed by atoms with E-state index in [1.165, 1.54) is 0 Å². The molecule has 0 bridgehead atoms. The molecule has 2 rings (SSSR count). The lowest BCUT2D eigenvalue weighted by Gasteiger charge is -2.34. The Labute approximate surface area is 141 Å². The van der Waals surface area contributed by atoms with Crippen LogP contribution in [0.3, 0.4) is 0 Å². The Bertz CT molecular complexity index is 535. The van der Waals surface area contributed by atoms with E-state index in [-0.39, 0.29) is 12.1 Å². The second kappa shape index (κ2) is 6.97. The predicted molar refractivity (Wildman–Crippen MR) is 90.9 cm³/mol. The zero-order chi connectivity index (χ0) is 16.3. The van der Waals surface area contributed by atoms with Crippen molar-refractivity contribution in [2.75, 3.05) is 18.4 Å². The van der Waals surface area contributed by atoms with E-state index in [0.717, 1.165) is 18.5 Å². The number of anilines is 1. The minimum atomic E-state index is -0.458. The van der Waals surface area contributed by atoms with Gasteiger partial charge in [0.1, 0.15) is 5.60 Å². The second-order valence-electron chi connectivity index (χ2n) is 6.51. The first kappa shape index (κ1) is 17.2. The van der Waals surface area contributed by atoms with Crippen molar-refractivity contribution in [3.8, 4) is 0 Å². The first-order valence-electron chi connectivity index (χ1n) is 7.44. The highest BCUT2D eigenvalue weighted by Gasteiger charge is 2.26. The quantitative estimate of drug-likeness (QED) is 0.837. The van der Waals surface area contributed by atoms with Crippen LogP contribution in [0, 0.1) is 0 Å². The van der Waals surface area contributed by atoms with Gasteiger partial charge in [-0.05, 0) is 51.8 Å². The number of piperidine rings is 1. The summed E-state index contributed by atoms with van der Waals surface area (Å²) in [6, 6.07) is 5.64. The van der Waals surface area contributed by atoms with E-state index >= 15 is 0 Å². The summed E-state index contributed by atoms with van der Waals surface area (Å²) in [7, 11) is 0. The number of likely N-dealkylation sites (tertiary alicyclic amines) is 1. The molecule has 22 heavy (non-hydrogen) atoms. The molecule has 0 saturated carbocycles. The Morgan fingerprint density at radius 2 is 1.91 bits per heavy atom. The topological polar surface area (TPSA) is 41.6 Å². The Balaban J connectivity index is 1.87. The van der Waals surface area contributed by atoms with Crippen LogP contribution < -0.4 is 5.32 Å². The minimum Gasteiger partial charge on any atom is -0.444 e. The number of rotatable bonds is 2. The number of nitrogens with one attached hydrogen (secondary N) is 1. The Kier molecular flexibility index (Phi) is 5.45. The van der Waals surface area contributed by atoms with Gasteiger partial charge in [0, 0.05) is 24.2 Å². The third kappa shape index (κ3) is 4.96. The van der Waals surface area contributed by atoms with E-state index in [0.29, 0.717) is 23.1 Å². The average molecular weight is 345 g/mol. The number of nitrogens with zero attached hydrogens (tertiary/aromatic N) is 1.